The number of rotatable bonds is 3. The Hall–Kier alpha value is -1.81. The number of aromatic nitrogens is 1. The van der Waals surface area contributed by atoms with E-state index in [1.807, 2.05) is 24.3 Å². The number of nitrogens with zero attached hydrogens (tertiary/aromatic N) is 1. The first-order valence-electron chi connectivity index (χ1n) is 7.17. The molecule has 5 heteroatoms. The highest BCUT2D eigenvalue weighted by molar-refractivity contribution is 6.31. The summed E-state index contributed by atoms with van der Waals surface area (Å²) in [4.78, 5) is 15.5. The summed E-state index contributed by atoms with van der Waals surface area (Å²) in [6.45, 7) is 0. The van der Waals surface area contributed by atoms with Crippen LogP contribution in [0.25, 0.3) is 10.9 Å². The van der Waals surface area contributed by atoms with Crippen LogP contribution >= 0.6 is 11.6 Å². The molecule has 21 heavy (non-hydrogen) atoms. The summed E-state index contributed by atoms with van der Waals surface area (Å²) < 4.78 is 0. The lowest BCUT2D eigenvalue weighted by molar-refractivity contribution is -0.142. The zero-order chi connectivity index (χ0) is 14.8. The minimum atomic E-state index is -0.687. The highest BCUT2D eigenvalue weighted by atomic mass is 35.5. The van der Waals surface area contributed by atoms with Gasteiger partial charge in [-0.05, 0) is 43.5 Å². The summed E-state index contributed by atoms with van der Waals surface area (Å²) >= 11 is 5.99. The maximum atomic E-state index is 11.1. The third-order valence-corrected chi connectivity index (χ3v) is 4.32. The van der Waals surface area contributed by atoms with Gasteiger partial charge in [-0.1, -0.05) is 18.0 Å². The van der Waals surface area contributed by atoms with E-state index in [0.29, 0.717) is 11.4 Å². The van der Waals surface area contributed by atoms with Crippen LogP contribution in [-0.4, -0.2) is 22.1 Å². The molecule has 2 N–H and O–H groups in total. The quantitative estimate of drug-likeness (QED) is 0.901. The third kappa shape index (κ3) is 3.10. The first-order valence-corrected chi connectivity index (χ1v) is 7.55. The maximum Gasteiger partial charge on any atom is 0.306 e. The van der Waals surface area contributed by atoms with E-state index < -0.39 is 5.97 Å². The van der Waals surface area contributed by atoms with Gasteiger partial charge < -0.3 is 10.4 Å². The van der Waals surface area contributed by atoms with Gasteiger partial charge in [-0.25, -0.2) is 0 Å². The second-order valence-corrected chi connectivity index (χ2v) is 6.00. The van der Waals surface area contributed by atoms with Crippen LogP contribution < -0.4 is 5.32 Å². The Morgan fingerprint density at radius 2 is 2.19 bits per heavy atom. The average Bonchev–Trinajstić information content (AvgIpc) is 2.47. The van der Waals surface area contributed by atoms with Crippen LogP contribution in [0.3, 0.4) is 0 Å². The first-order chi connectivity index (χ1) is 10.1. The van der Waals surface area contributed by atoms with E-state index in [2.05, 4.69) is 10.3 Å². The molecule has 0 radical (unpaired) electrons. The van der Waals surface area contributed by atoms with Gasteiger partial charge in [0.05, 0.1) is 11.4 Å². The van der Waals surface area contributed by atoms with Gasteiger partial charge >= 0.3 is 5.97 Å². The van der Waals surface area contributed by atoms with Gasteiger partial charge in [-0.15, -0.1) is 0 Å². The van der Waals surface area contributed by atoms with Gasteiger partial charge in [0.1, 0.15) is 0 Å². The van der Waals surface area contributed by atoms with Crippen LogP contribution in [0, 0.1) is 5.92 Å². The van der Waals surface area contributed by atoms with E-state index >= 15 is 0 Å². The summed E-state index contributed by atoms with van der Waals surface area (Å²) in [6.07, 6.45) is 5.15. The number of aliphatic carboxylic acids is 1. The molecule has 0 spiro atoms. The number of halogens is 1. The molecule has 1 aromatic heterocycles. The summed E-state index contributed by atoms with van der Waals surface area (Å²) in [5.74, 6) is -0.924. The third-order valence-electron chi connectivity index (χ3n) is 4.09. The number of hydrogen-bond donors (Lipinski definition) is 2. The van der Waals surface area contributed by atoms with E-state index in [-0.39, 0.29) is 12.0 Å². The maximum absolute atomic E-state index is 11.1. The predicted octanol–water partition coefficient (Wildman–Crippen LogP) is 3.94. The molecule has 2 unspecified atom stereocenters. The Labute approximate surface area is 128 Å². The van der Waals surface area contributed by atoms with Crippen molar-refractivity contribution in [2.24, 2.45) is 5.92 Å². The second kappa shape index (κ2) is 5.90. The summed E-state index contributed by atoms with van der Waals surface area (Å²) in [6, 6.07) is 7.76. The zero-order valence-corrected chi connectivity index (χ0v) is 12.3. The summed E-state index contributed by atoms with van der Waals surface area (Å²) in [5, 5.41) is 14.3. The van der Waals surface area contributed by atoms with E-state index in [0.717, 1.165) is 35.9 Å². The molecule has 0 amide bonds. The fourth-order valence-corrected chi connectivity index (χ4v) is 3.18. The monoisotopic (exact) mass is 304 g/mol. The Bertz CT molecular complexity index is 674. The fourth-order valence-electron chi connectivity index (χ4n) is 3.01. The molecule has 0 saturated heterocycles. The molecule has 1 aliphatic carbocycles. The number of carboxylic acid groups (broad SMARTS) is 1. The van der Waals surface area contributed by atoms with Crippen LogP contribution in [-0.2, 0) is 4.79 Å². The van der Waals surface area contributed by atoms with Gasteiger partial charge in [-0.3, -0.25) is 9.78 Å². The van der Waals surface area contributed by atoms with E-state index in [1.165, 1.54) is 0 Å². The highest BCUT2D eigenvalue weighted by Crippen LogP contribution is 2.30. The normalized spacial score (nSPS) is 22.1. The largest absolute Gasteiger partial charge is 0.481 e. The SMILES string of the molecule is O=C(O)C1CCCC(Nc2ccnc3cc(Cl)ccc23)C1. The molecule has 1 aliphatic rings. The predicted molar refractivity (Wildman–Crippen MR) is 83.8 cm³/mol. The van der Waals surface area contributed by atoms with Crippen molar-refractivity contribution in [2.45, 2.75) is 31.7 Å². The molecule has 1 heterocycles. The topological polar surface area (TPSA) is 62.2 Å². The van der Waals surface area contributed by atoms with Crippen molar-refractivity contribution in [3.05, 3.63) is 35.5 Å². The Balaban J connectivity index is 1.83. The van der Waals surface area contributed by atoms with Gasteiger partial charge in [0.15, 0.2) is 0 Å². The summed E-state index contributed by atoms with van der Waals surface area (Å²) in [7, 11) is 0. The average molecular weight is 305 g/mol. The molecule has 1 aromatic carbocycles. The van der Waals surface area contributed by atoms with E-state index in [1.54, 1.807) is 6.20 Å². The van der Waals surface area contributed by atoms with Crippen molar-refractivity contribution in [1.29, 1.82) is 0 Å². The molecular weight excluding hydrogens is 288 g/mol. The minimum absolute atomic E-state index is 0.195. The molecule has 2 aromatic rings. The lowest BCUT2D eigenvalue weighted by atomic mass is 9.85. The fraction of sp³-hybridized carbons (Fsp3) is 0.375. The molecule has 0 aliphatic heterocycles. The zero-order valence-electron chi connectivity index (χ0n) is 11.6. The van der Waals surface area contributed by atoms with Crippen LogP contribution in [0.2, 0.25) is 5.02 Å². The van der Waals surface area contributed by atoms with E-state index in [9.17, 15) is 9.90 Å². The molecule has 1 saturated carbocycles. The number of carboxylic acids is 1. The number of carbonyl (C=O) groups is 1. The van der Waals surface area contributed by atoms with Gasteiger partial charge in [0, 0.05) is 28.3 Å². The number of nitrogens with one attached hydrogen (secondary N) is 1. The first kappa shape index (κ1) is 14.1. The number of anilines is 1. The van der Waals surface area contributed by atoms with Crippen molar-refractivity contribution in [1.82, 2.24) is 4.98 Å². The Morgan fingerprint density at radius 3 is 3.00 bits per heavy atom. The molecule has 0 bridgehead atoms. The van der Waals surface area contributed by atoms with Crippen molar-refractivity contribution < 1.29 is 9.90 Å². The number of benzene rings is 1. The molecule has 110 valence electrons. The van der Waals surface area contributed by atoms with Crippen LogP contribution in [0.15, 0.2) is 30.5 Å². The van der Waals surface area contributed by atoms with Crippen molar-refractivity contribution in [3.63, 3.8) is 0 Å². The second-order valence-electron chi connectivity index (χ2n) is 5.56. The van der Waals surface area contributed by atoms with Crippen molar-refractivity contribution >= 4 is 34.2 Å². The van der Waals surface area contributed by atoms with Crippen LogP contribution in [0.5, 0.6) is 0 Å². The Kier molecular flexibility index (Phi) is 3.97. The Morgan fingerprint density at radius 1 is 1.33 bits per heavy atom. The lowest BCUT2D eigenvalue weighted by Crippen LogP contribution is -2.31. The molecule has 3 rings (SSSR count). The van der Waals surface area contributed by atoms with Crippen molar-refractivity contribution in [3.8, 4) is 0 Å². The van der Waals surface area contributed by atoms with Gasteiger partial charge in [0.2, 0.25) is 0 Å². The highest BCUT2D eigenvalue weighted by Gasteiger charge is 2.27. The molecule has 4 nitrogen and oxygen atoms in total. The van der Waals surface area contributed by atoms with E-state index in [4.69, 9.17) is 11.6 Å². The minimum Gasteiger partial charge on any atom is -0.481 e. The molecular formula is C16H17ClN2O2. The smallest absolute Gasteiger partial charge is 0.306 e. The van der Waals surface area contributed by atoms with Crippen molar-refractivity contribution in [2.75, 3.05) is 5.32 Å². The summed E-state index contributed by atoms with van der Waals surface area (Å²) in [5.41, 5.74) is 1.84. The van der Waals surface area contributed by atoms with Gasteiger partial charge in [0.25, 0.3) is 0 Å². The number of fused-ring (bicyclic) bond motifs is 1. The molecule has 1 fully saturated rings. The number of hydrogen-bond acceptors (Lipinski definition) is 3. The standard InChI is InChI=1S/C16H17ClN2O2/c17-11-4-5-13-14(6-7-18-15(13)9-11)19-12-3-1-2-10(8-12)16(20)21/h4-7,9-10,12H,1-3,8H2,(H,18,19)(H,20,21). The van der Waals surface area contributed by atoms with Crippen LogP contribution in [0.1, 0.15) is 25.7 Å². The van der Waals surface area contributed by atoms with Gasteiger partial charge in [-0.2, -0.15) is 0 Å². The lowest BCUT2D eigenvalue weighted by Gasteiger charge is -2.28. The molecule has 2 atom stereocenters. The number of pyridine rings is 1. The van der Waals surface area contributed by atoms with Crippen LogP contribution in [0.4, 0.5) is 5.69 Å².